The first-order valence-electron chi connectivity index (χ1n) is 9.75. The molecular weight excluding hydrogens is 416 g/mol. The second kappa shape index (κ2) is 8.51. The molecule has 0 amide bonds. The maximum Gasteiger partial charge on any atom is 0.379 e. The van der Waals surface area contributed by atoms with Gasteiger partial charge in [0.15, 0.2) is 0 Å². The molecule has 4 rings (SSSR count). The number of pyridine rings is 2. The normalized spacial score (nSPS) is 11.3. The van der Waals surface area contributed by atoms with E-state index >= 15 is 0 Å². The van der Waals surface area contributed by atoms with Crippen molar-refractivity contribution in [2.45, 2.75) is 19.4 Å². The molecule has 0 unspecified atom stereocenters. The SMILES string of the molecule is CCOC(=O)C(F)(F)Cn1cc(-c2ccc(C#N)nc2-c2ccc3cccnc3c2)cn1. The van der Waals surface area contributed by atoms with Crippen LogP contribution in [0.15, 0.2) is 61.1 Å². The van der Waals surface area contributed by atoms with Crippen molar-refractivity contribution in [2.24, 2.45) is 0 Å². The van der Waals surface area contributed by atoms with Gasteiger partial charge in [-0.25, -0.2) is 9.78 Å². The smallest absolute Gasteiger partial charge is 0.379 e. The summed E-state index contributed by atoms with van der Waals surface area (Å²) in [5.74, 6) is -5.31. The minimum atomic E-state index is -3.71. The Morgan fingerprint density at radius 2 is 2.06 bits per heavy atom. The fourth-order valence-corrected chi connectivity index (χ4v) is 3.28. The van der Waals surface area contributed by atoms with Gasteiger partial charge in [-0.2, -0.15) is 19.1 Å². The van der Waals surface area contributed by atoms with Crippen molar-refractivity contribution in [1.82, 2.24) is 19.7 Å². The number of halogens is 2. The summed E-state index contributed by atoms with van der Waals surface area (Å²) in [6.45, 7) is 0.367. The number of fused-ring (bicyclic) bond motifs is 1. The number of nitrogens with zero attached hydrogens (tertiary/aromatic N) is 5. The molecule has 0 fully saturated rings. The van der Waals surface area contributed by atoms with Gasteiger partial charge in [-0.3, -0.25) is 9.67 Å². The molecule has 4 aromatic rings. The highest BCUT2D eigenvalue weighted by Crippen LogP contribution is 2.32. The Balaban J connectivity index is 1.73. The number of benzene rings is 1. The third-order valence-electron chi connectivity index (χ3n) is 4.77. The first kappa shape index (κ1) is 21.1. The third-order valence-corrected chi connectivity index (χ3v) is 4.77. The second-order valence-electron chi connectivity index (χ2n) is 6.97. The maximum absolute atomic E-state index is 14.1. The minimum Gasteiger partial charge on any atom is -0.462 e. The minimum absolute atomic E-state index is 0.139. The van der Waals surface area contributed by atoms with Crippen LogP contribution in [0.25, 0.3) is 33.3 Å². The number of hydrogen-bond donors (Lipinski definition) is 0. The van der Waals surface area contributed by atoms with Gasteiger partial charge in [-0.15, -0.1) is 0 Å². The number of ether oxygens (including phenoxy) is 1. The van der Waals surface area contributed by atoms with Crippen molar-refractivity contribution in [1.29, 1.82) is 5.26 Å². The van der Waals surface area contributed by atoms with Crippen LogP contribution in [0.4, 0.5) is 8.78 Å². The van der Waals surface area contributed by atoms with Gasteiger partial charge in [0, 0.05) is 34.5 Å². The summed E-state index contributed by atoms with van der Waals surface area (Å²) < 4.78 is 33.6. The summed E-state index contributed by atoms with van der Waals surface area (Å²) in [4.78, 5) is 20.3. The summed E-state index contributed by atoms with van der Waals surface area (Å²) in [5.41, 5.74) is 3.29. The van der Waals surface area contributed by atoms with Gasteiger partial charge in [-0.05, 0) is 31.2 Å². The van der Waals surface area contributed by atoms with E-state index in [9.17, 15) is 18.8 Å². The molecule has 0 N–H and O–H groups in total. The predicted octanol–water partition coefficient (Wildman–Crippen LogP) is 4.23. The van der Waals surface area contributed by atoms with Crippen LogP contribution in [0.3, 0.4) is 0 Å². The monoisotopic (exact) mass is 433 g/mol. The van der Waals surface area contributed by atoms with Crippen LogP contribution < -0.4 is 0 Å². The number of hydrogen-bond acceptors (Lipinski definition) is 6. The highest BCUT2D eigenvalue weighted by molar-refractivity contribution is 5.88. The number of carbonyl (C=O) groups is 1. The second-order valence-corrected chi connectivity index (χ2v) is 6.97. The lowest BCUT2D eigenvalue weighted by Gasteiger charge is -2.14. The van der Waals surface area contributed by atoms with Crippen LogP contribution in [0.5, 0.6) is 0 Å². The van der Waals surface area contributed by atoms with Gasteiger partial charge in [0.05, 0.1) is 24.0 Å². The zero-order chi connectivity index (χ0) is 22.7. The van der Waals surface area contributed by atoms with E-state index in [4.69, 9.17) is 0 Å². The zero-order valence-corrected chi connectivity index (χ0v) is 17.0. The van der Waals surface area contributed by atoms with Gasteiger partial charge in [0.2, 0.25) is 0 Å². The molecule has 0 saturated heterocycles. The van der Waals surface area contributed by atoms with E-state index in [0.29, 0.717) is 22.4 Å². The van der Waals surface area contributed by atoms with E-state index in [-0.39, 0.29) is 12.3 Å². The Kier molecular flexibility index (Phi) is 5.60. The largest absolute Gasteiger partial charge is 0.462 e. The highest BCUT2D eigenvalue weighted by Gasteiger charge is 2.41. The lowest BCUT2D eigenvalue weighted by Crippen LogP contribution is -2.35. The standard InChI is InChI=1S/C23H17F2N5O2/c1-2-32-22(31)23(24,25)14-30-13-17(12-28-30)19-8-7-18(11-26)29-21(19)16-6-5-15-4-3-9-27-20(15)10-16/h3-10,12-13H,2,14H2,1H3. The van der Waals surface area contributed by atoms with Crippen molar-refractivity contribution in [3.05, 3.63) is 66.7 Å². The van der Waals surface area contributed by atoms with Crippen LogP contribution in [-0.4, -0.2) is 38.2 Å². The molecule has 160 valence electrons. The molecule has 9 heteroatoms. The van der Waals surface area contributed by atoms with Crippen LogP contribution in [0, 0.1) is 11.3 Å². The molecule has 7 nitrogen and oxygen atoms in total. The molecule has 0 radical (unpaired) electrons. The molecule has 3 heterocycles. The summed E-state index contributed by atoms with van der Waals surface area (Å²) >= 11 is 0. The predicted molar refractivity (Wildman–Crippen MR) is 112 cm³/mol. The van der Waals surface area contributed by atoms with Crippen molar-refractivity contribution in [3.63, 3.8) is 0 Å². The van der Waals surface area contributed by atoms with Crippen LogP contribution >= 0.6 is 0 Å². The number of nitriles is 1. The Morgan fingerprint density at radius 1 is 1.22 bits per heavy atom. The summed E-state index contributed by atoms with van der Waals surface area (Å²) in [6.07, 6.45) is 4.49. The molecule has 0 atom stereocenters. The Bertz CT molecular complexity index is 1340. The topological polar surface area (TPSA) is 93.7 Å². The van der Waals surface area contributed by atoms with E-state index < -0.39 is 18.4 Å². The molecule has 0 bridgehead atoms. The molecule has 0 aliphatic carbocycles. The van der Waals surface area contributed by atoms with Crippen LogP contribution in [0.2, 0.25) is 0 Å². The van der Waals surface area contributed by atoms with Crippen molar-refractivity contribution in [3.8, 4) is 28.5 Å². The van der Waals surface area contributed by atoms with Crippen LogP contribution in [-0.2, 0) is 16.1 Å². The number of alkyl halides is 2. The fourth-order valence-electron chi connectivity index (χ4n) is 3.28. The average Bonchev–Trinajstić information content (AvgIpc) is 3.26. The Hall–Kier alpha value is -4.19. The highest BCUT2D eigenvalue weighted by atomic mass is 19.3. The Morgan fingerprint density at radius 3 is 2.84 bits per heavy atom. The first-order chi connectivity index (χ1) is 15.4. The van der Waals surface area contributed by atoms with Gasteiger partial charge < -0.3 is 4.74 Å². The van der Waals surface area contributed by atoms with E-state index in [1.165, 1.54) is 19.3 Å². The van der Waals surface area contributed by atoms with E-state index in [1.807, 2.05) is 36.4 Å². The number of carbonyl (C=O) groups excluding carboxylic acids is 1. The molecule has 3 aromatic heterocycles. The van der Waals surface area contributed by atoms with Gasteiger partial charge in [-0.1, -0.05) is 18.2 Å². The third kappa shape index (κ3) is 4.16. The average molecular weight is 433 g/mol. The Labute approximate surface area is 181 Å². The summed E-state index contributed by atoms with van der Waals surface area (Å²) in [7, 11) is 0. The molecule has 0 aliphatic rings. The lowest BCUT2D eigenvalue weighted by atomic mass is 10.00. The summed E-state index contributed by atoms with van der Waals surface area (Å²) in [5, 5.41) is 14.2. The number of esters is 1. The van der Waals surface area contributed by atoms with Gasteiger partial charge in [0.1, 0.15) is 18.3 Å². The molecule has 0 saturated carbocycles. The molecule has 1 aromatic carbocycles. The molecular formula is C23H17F2N5O2. The van der Waals surface area contributed by atoms with Crippen molar-refractivity contribution >= 4 is 16.9 Å². The first-order valence-corrected chi connectivity index (χ1v) is 9.75. The maximum atomic E-state index is 14.1. The fraction of sp³-hybridized carbons (Fsp3) is 0.174. The van der Waals surface area contributed by atoms with E-state index in [0.717, 1.165) is 15.6 Å². The van der Waals surface area contributed by atoms with Crippen molar-refractivity contribution < 1.29 is 18.3 Å². The number of rotatable bonds is 6. The lowest BCUT2D eigenvalue weighted by molar-refractivity contribution is -0.173. The quantitative estimate of drug-likeness (QED) is 0.423. The van der Waals surface area contributed by atoms with Crippen molar-refractivity contribution in [2.75, 3.05) is 6.61 Å². The van der Waals surface area contributed by atoms with Crippen LogP contribution in [0.1, 0.15) is 12.6 Å². The number of aromatic nitrogens is 4. The van der Waals surface area contributed by atoms with Gasteiger partial charge >= 0.3 is 11.9 Å². The van der Waals surface area contributed by atoms with E-state index in [1.54, 1.807) is 18.3 Å². The molecule has 0 aliphatic heterocycles. The van der Waals surface area contributed by atoms with E-state index in [2.05, 4.69) is 19.8 Å². The zero-order valence-electron chi connectivity index (χ0n) is 17.0. The summed E-state index contributed by atoms with van der Waals surface area (Å²) in [6, 6.07) is 14.6. The van der Waals surface area contributed by atoms with Gasteiger partial charge in [0.25, 0.3) is 0 Å². The molecule has 0 spiro atoms. The molecule has 32 heavy (non-hydrogen) atoms.